The van der Waals surface area contributed by atoms with Crippen molar-refractivity contribution in [2.45, 2.75) is 12.7 Å². The third kappa shape index (κ3) is 2.29. The number of nitrogens with zero attached hydrogens (tertiary/aromatic N) is 4. The van der Waals surface area contributed by atoms with Gasteiger partial charge in [0.2, 0.25) is 0 Å². The summed E-state index contributed by atoms with van der Waals surface area (Å²) in [5, 5.41) is 6.05. The standard InChI is InChI=1S/C16H14N4O2S/c1-19-14-7-3-2-6-12(14)16(21)20(9-11-5-4-8-22-11)15(19)13-10-23-18-17-13/h2-8,10,15H,9H2,1H3/t15-/m0/s1. The van der Waals surface area contributed by atoms with Gasteiger partial charge in [0.1, 0.15) is 11.5 Å². The zero-order valence-electron chi connectivity index (χ0n) is 12.4. The van der Waals surface area contributed by atoms with E-state index < -0.39 is 0 Å². The van der Waals surface area contributed by atoms with Crippen molar-refractivity contribution in [3.05, 3.63) is 65.1 Å². The first-order chi connectivity index (χ1) is 11.3. The first-order valence-corrected chi connectivity index (χ1v) is 8.01. The Labute approximate surface area is 137 Å². The minimum Gasteiger partial charge on any atom is -0.467 e. The molecular weight excluding hydrogens is 312 g/mol. The number of hydrogen-bond donors (Lipinski definition) is 0. The van der Waals surface area contributed by atoms with Crippen molar-refractivity contribution >= 4 is 23.1 Å². The summed E-state index contributed by atoms with van der Waals surface area (Å²) in [6, 6.07) is 11.3. The van der Waals surface area contributed by atoms with E-state index in [1.165, 1.54) is 11.5 Å². The van der Waals surface area contributed by atoms with Crippen LogP contribution < -0.4 is 4.90 Å². The molecule has 6 nitrogen and oxygen atoms in total. The molecule has 1 amide bonds. The Kier molecular flexibility index (Phi) is 3.34. The van der Waals surface area contributed by atoms with Crippen molar-refractivity contribution in [2.75, 3.05) is 11.9 Å². The summed E-state index contributed by atoms with van der Waals surface area (Å²) in [6.45, 7) is 0.382. The van der Waals surface area contributed by atoms with Gasteiger partial charge in [0.15, 0.2) is 6.17 Å². The molecule has 0 bridgehead atoms. The third-order valence-corrected chi connectivity index (χ3v) is 4.51. The topological polar surface area (TPSA) is 62.5 Å². The molecule has 0 saturated carbocycles. The van der Waals surface area contributed by atoms with Crippen molar-refractivity contribution in [3.8, 4) is 0 Å². The molecule has 3 aromatic rings. The van der Waals surface area contributed by atoms with Crippen molar-refractivity contribution in [3.63, 3.8) is 0 Å². The van der Waals surface area contributed by atoms with Crippen molar-refractivity contribution < 1.29 is 9.21 Å². The number of furan rings is 1. The van der Waals surface area contributed by atoms with Crippen molar-refractivity contribution in [2.24, 2.45) is 0 Å². The van der Waals surface area contributed by atoms with Gasteiger partial charge in [0.05, 0.1) is 24.1 Å². The van der Waals surface area contributed by atoms with E-state index in [2.05, 4.69) is 14.5 Å². The van der Waals surface area contributed by atoms with Gasteiger partial charge in [-0.2, -0.15) is 0 Å². The van der Waals surface area contributed by atoms with E-state index in [0.29, 0.717) is 12.1 Å². The summed E-state index contributed by atoms with van der Waals surface area (Å²) in [7, 11) is 1.96. The van der Waals surface area contributed by atoms with E-state index in [-0.39, 0.29) is 12.1 Å². The van der Waals surface area contributed by atoms with Gasteiger partial charge in [0, 0.05) is 12.4 Å². The molecule has 7 heteroatoms. The van der Waals surface area contributed by atoms with Crippen LogP contribution in [0, 0.1) is 0 Å². The number of amides is 1. The average molecular weight is 326 g/mol. The second-order valence-electron chi connectivity index (χ2n) is 5.34. The van der Waals surface area contributed by atoms with Crippen LogP contribution in [0.4, 0.5) is 5.69 Å². The molecule has 4 rings (SSSR count). The molecule has 23 heavy (non-hydrogen) atoms. The highest BCUT2D eigenvalue weighted by Crippen LogP contribution is 2.37. The third-order valence-electron chi connectivity index (χ3n) is 3.99. The van der Waals surface area contributed by atoms with Crippen LogP contribution in [0.25, 0.3) is 0 Å². The fourth-order valence-electron chi connectivity index (χ4n) is 2.94. The van der Waals surface area contributed by atoms with Crippen LogP contribution in [-0.4, -0.2) is 27.4 Å². The van der Waals surface area contributed by atoms with E-state index >= 15 is 0 Å². The van der Waals surface area contributed by atoms with Crippen LogP contribution in [0.5, 0.6) is 0 Å². The molecule has 2 aromatic heterocycles. The molecule has 0 N–H and O–H groups in total. The van der Waals surface area contributed by atoms with Crippen molar-refractivity contribution in [1.82, 2.24) is 14.5 Å². The monoisotopic (exact) mass is 326 g/mol. The maximum absolute atomic E-state index is 13.0. The molecule has 0 fully saturated rings. The minimum absolute atomic E-state index is 0.0342. The number of anilines is 1. The molecular formula is C16H14N4O2S. The Hall–Kier alpha value is -2.67. The quantitative estimate of drug-likeness (QED) is 0.740. The number of hydrogen-bond acceptors (Lipinski definition) is 6. The number of fused-ring (bicyclic) bond motifs is 1. The highest BCUT2D eigenvalue weighted by atomic mass is 32.1. The molecule has 0 aliphatic carbocycles. The highest BCUT2D eigenvalue weighted by molar-refractivity contribution is 7.03. The summed E-state index contributed by atoms with van der Waals surface area (Å²) in [4.78, 5) is 16.8. The van der Waals surface area contributed by atoms with Crippen LogP contribution in [0.2, 0.25) is 0 Å². The van der Waals surface area contributed by atoms with Crippen LogP contribution in [0.3, 0.4) is 0 Å². The number of para-hydroxylation sites is 1. The second-order valence-corrected chi connectivity index (χ2v) is 5.95. The zero-order valence-corrected chi connectivity index (χ0v) is 13.2. The Bertz CT molecular complexity index is 816. The Morgan fingerprint density at radius 3 is 2.87 bits per heavy atom. The van der Waals surface area contributed by atoms with E-state index in [1.807, 2.05) is 48.8 Å². The van der Waals surface area contributed by atoms with Gasteiger partial charge in [-0.15, -0.1) is 5.10 Å². The SMILES string of the molecule is CN1c2ccccc2C(=O)N(Cc2ccco2)[C@H]1c1csnn1. The Morgan fingerprint density at radius 2 is 2.13 bits per heavy atom. The molecule has 116 valence electrons. The van der Waals surface area contributed by atoms with Crippen LogP contribution in [0.15, 0.2) is 52.5 Å². The van der Waals surface area contributed by atoms with Gasteiger partial charge < -0.3 is 14.2 Å². The number of rotatable bonds is 3. The average Bonchev–Trinajstić information content (AvgIpc) is 3.26. The number of benzene rings is 1. The molecule has 1 aliphatic rings. The number of carbonyl (C=O) groups is 1. The van der Waals surface area contributed by atoms with Gasteiger partial charge >= 0.3 is 0 Å². The lowest BCUT2D eigenvalue weighted by Gasteiger charge is -2.42. The molecule has 1 aromatic carbocycles. The highest BCUT2D eigenvalue weighted by Gasteiger charge is 2.38. The lowest BCUT2D eigenvalue weighted by molar-refractivity contribution is 0.0614. The summed E-state index contributed by atoms with van der Waals surface area (Å²) in [5.74, 6) is 0.701. The molecule has 3 heterocycles. The van der Waals surface area contributed by atoms with Crippen LogP contribution in [0.1, 0.15) is 28.0 Å². The van der Waals surface area contributed by atoms with Gasteiger partial charge in [-0.25, -0.2) is 0 Å². The molecule has 0 radical (unpaired) electrons. The van der Waals surface area contributed by atoms with E-state index in [0.717, 1.165) is 17.1 Å². The van der Waals surface area contributed by atoms with Crippen LogP contribution >= 0.6 is 11.5 Å². The van der Waals surface area contributed by atoms with Gasteiger partial charge in [-0.3, -0.25) is 4.79 Å². The predicted octanol–water partition coefficient (Wildman–Crippen LogP) is 2.92. The van der Waals surface area contributed by atoms with E-state index in [4.69, 9.17) is 4.42 Å². The van der Waals surface area contributed by atoms with Crippen molar-refractivity contribution in [1.29, 1.82) is 0 Å². The molecule has 1 atom stereocenters. The molecule has 0 saturated heterocycles. The summed E-state index contributed by atoms with van der Waals surface area (Å²) >= 11 is 1.28. The molecule has 0 spiro atoms. The lowest BCUT2D eigenvalue weighted by Crippen LogP contribution is -2.47. The summed E-state index contributed by atoms with van der Waals surface area (Å²) in [5.41, 5.74) is 2.33. The fourth-order valence-corrected chi connectivity index (χ4v) is 3.41. The predicted molar refractivity (Wildman–Crippen MR) is 86.1 cm³/mol. The largest absolute Gasteiger partial charge is 0.467 e. The Morgan fingerprint density at radius 1 is 1.26 bits per heavy atom. The van der Waals surface area contributed by atoms with Crippen LogP contribution in [-0.2, 0) is 6.54 Å². The second kappa shape index (κ2) is 5.51. The maximum Gasteiger partial charge on any atom is 0.258 e. The normalized spacial score (nSPS) is 17.4. The van der Waals surface area contributed by atoms with Gasteiger partial charge in [0.25, 0.3) is 5.91 Å². The Balaban J connectivity index is 1.81. The first-order valence-electron chi connectivity index (χ1n) is 7.18. The number of aromatic nitrogens is 2. The summed E-state index contributed by atoms with van der Waals surface area (Å²) < 4.78 is 9.38. The zero-order chi connectivity index (χ0) is 15.8. The summed E-state index contributed by atoms with van der Waals surface area (Å²) in [6.07, 6.45) is 1.31. The lowest BCUT2D eigenvalue weighted by atomic mass is 10.0. The minimum atomic E-state index is -0.304. The molecule has 0 unspecified atom stereocenters. The molecule has 1 aliphatic heterocycles. The van der Waals surface area contributed by atoms with Gasteiger partial charge in [-0.05, 0) is 35.8 Å². The van der Waals surface area contributed by atoms with E-state index in [1.54, 1.807) is 11.2 Å². The maximum atomic E-state index is 13.0. The van der Waals surface area contributed by atoms with Gasteiger partial charge in [-0.1, -0.05) is 16.6 Å². The first kappa shape index (κ1) is 14.0. The number of carbonyl (C=O) groups excluding carboxylic acids is 1. The van der Waals surface area contributed by atoms with E-state index in [9.17, 15) is 4.79 Å². The fraction of sp³-hybridized carbons (Fsp3) is 0.188. The smallest absolute Gasteiger partial charge is 0.258 e.